The molecular weight excluding hydrogens is 148 g/mol. The summed E-state index contributed by atoms with van der Waals surface area (Å²) in [6, 6.07) is 0. The normalized spacial score (nSPS) is 11.9. The van der Waals surface area contributed by atoms with Crippen LogP contribution >= 0.6 is 11.3 Å². The van der Waals surface area contributed by atoms with Gasteiger partial charge in [0.15, 0.2) is 0 Å². The highest BCUT2D eigenvalue weighted by Gasteiger charge is 2.21. The van der Waals surface area contributed by atoms with E-state index in [1.54, 1.807) is 11.7 Å². The molecule has 0 bridgehead atoms. The van der Waals surface area contributed by atoms with Gasteiger partial charge in [0.2, 0.25) is 0 Å². The predicted octanol–water partition coefficient (Wildman–Crippen LogP) is 1.27. The Morgan fingerprint density at radius 2 is 2.40 bits per heavy atom. The predicted molar refractivity (Wildman–Crippen MR) is 40.4 cm³/mol. The zero-order valence-electron chi connectivity index (χ0n) is 6.00. The molecule has 1 rings (SSSR count). The molecule has 0 amide bonds. The van der Waals surface area contributed by atoms with Crippen molar-refractivity contribution in [1.29, 1.82) is 0 Å². The summed E-state index contributed by atoms with van der Waals surface area (Å²) in [5, 5.41) is 0. The Kier molecular flexibility index (Phi) is 2.03. The van der Waals surface area contributed by atoms with E-state index >= 15 is 0 Å². The van der Waals surface area contributed by atoms with E-state index in [2.05, 4.69) is 4.98 Å². The second-order valence-corrected chi connectivity index (χ2v) is 3.38. The largest absolute Gasteiger partial charge is 0.293 e. The van der Waals surface area contributed by atoms with Crippen molar-refractivity contribution in [3.8, 4) is 0 Å². The van der Waals surface area contributed by atoms with Gasteiger partial charge in [0, 0.05) is 6.20 Å². The number of thiazole rings is 1. The van der Waals surface area contributed by atoms with Crippen LogP contribution in [0.3, 0.4) is 0 Å². The molecule has 56 valence electrons. The lowest BCUT2D eigenvalue weighted by Gasteiger charge is -2.18. The number of nitrogens with zero attached hydrogens (tertiary/aromatic N) is 1. The van der Waals surface area contributed by atoms with E-state index in [-0.39, 0.29) is 0 Å². The van der Waals surface area contributed by atoms with Gasteiger partial charge < -0.3 is 0 Å². The van der Waals surface area contributed by atoms with Crippen LogP contribution in [0.1, 0.15) is 18.7 Å². The molecule has 0 radical (unpaired) electrons. The molecule has 4 heteroatoms. The maximum atomic E-state index is 5.08. The number of rotatable bonds is 2. The van der Waals surface area contributed by atoms with E-state index in [9.17, 15) is 0 Å². The SMILES string of the molecule is CC(C)(ON)c1cncs1. The first-order valence-corrected chi connectivity index (χ1v) is 3.81. The van der Waals surface area contributed by atoms with Gasteiger partial charge in [-0.05, 0) is 13.8 Å². The van der Waals surface area contributed by atoms with Gasteiger partial charge in [-0.25, -0.2) is 5.90 Å². The van der Waals surface area contributed by atoms with Crippen molar-refractivity contribution < 1.29 is 4.84 Å². The standard InChI is InChI=1S/C6H10N2OS/c1-6(2,9-7)5-3-8-4-10-5/h3-4H,7H2,1-2H3. The second kappa shape index (κ2) is 2.65. The Hall–Kier alpha value is -0.450. The van der Waals surface area contributed by atoms with E-state index in [1.807, 2.05) is 13.8 Å². The lowest BCUT2D eigenvalue weighted by Crippen LogP contribution is -2.23. The number of hydrogen-bond acceptors (Lipinski definition) is 4. The molecule has 1 aromatic rings. The van der Waals surface area contributed by atoms with Crippen LogP contribution in [0, 0.1) is 0 Å². The van der Waals surface area contributed by atoms with Gasteiger partial charge >= 0.3 is 0 Å². The molecule has 3 nitrogen and oxygen atoms in total. The van der Waals surface area contributed by atoms with Gasteiger partial charge in [-0.1, -0.05) is 0 Å². The van der Waals surface area contributed by atoms with Crippen molar-refractivity contribution >= 4 is 11.3 Å². The first-order valence-electron chi connectivity index (χ1n) is 2.93. The molecule has 1 aromatic heterocycles. The summed E-state index contributed by atoms with van der Waals surface area (Å²) in [5.41, 5.74) is 1.36. The van der Waals surface area contributed by atoms with Crippen molar-refractivity contribution in [3.05, 3.63) is 16.6 Å². The number of hydrogen-bond donors (Lipinski definition) is 1. The van der Waals surface area contributed by atoms with Crippen LogP contribution in [-0.4, -0.2) is 4.98 Å². The fourth-order valence-electron chi connectivity index (χ4n) is 0.571. The minimum Gasteiger partial charge on any atom is -0.293 e. The van der Waals surface area contributed by atoms with Crippen LogP contribution in [0.15, 0.2) is 11.7 Å². The summed E-state index contributed by atoms with van der Waals surface area (Å²) in [6.45, 7) is 3.81. The summed E-state index contributed by atoms with van der Waals surface area (Å²) in [5.74, 6) is 5.08. The molecule has 0 aliphatic carbocycles. The van der Waals surface area contributed by atoms with E-state index < -0.39 is 5.60 Å². The molecule has 0 aliphatic heterocycles. The van der Waals surface area contributed by atoms with Crippen molar-refractivity contribution in [3.63, 3.8) is 0 Å². The van der Waals surface area contributed by atoms with E-state index in [4.69, 9.17) is 10.7 Å². The fraction of sp³-hybridized carbons (Fsp3) is 0.500. The molecule has 0 aliphatic rings. The molecule has 0 aromatic carbocycles. The van der Waals surface area contributed by atoms with Crippen LogP contribution < -0.4 is 5.90 Å². The topological polar surface area (TPSA) is 48.1 Å². The summed E-state index contributed by atoms with van der Waals surface area (Å²) in [7, 11) is 0. The lowest BCUT2D eigenvalue weighted by molar-refractivity contribution is -0.0209. The molecule has 0 spiro atoms. The van der Waals surface area contributed by atoms with Crippen molar-refractivity contribution in [2.45, 2.75) is 19.4 Å². The van der Waals surface area contributed by atoms with Crippen LogP contribution in [-0.2, 0) is 10.4 Å². The number of aromatic nitrogens is 1. The highest BCUT2D eigenvalue weighted by atomic mass is 32.1. The summed E-state index contributed by atoms with van der Waals surface area (Å²) >= 11 is 1.54. The summed E-state index contributed by atoms with van der Waals surface area (Å²) in [6.07, 6.45) is 1.76. The molecular formula is C6H10N2OS. The maximum absolute atomic E-state index is 5.08. The third-order valence-corrected chi connectivity index (χ3v) is 2.40. The van der Waals surface area contributed by atoms with E-state index in [1.165, 1.54) is 11.3 Å². The van der Waals surface area contributed by atoms with E-state index in [0.717, 1.165) is 4.88 Å². The Morgan fingerprint density at radius 3 is 2.80 bits per heavy atom. The molecule has 0 atom stereocenters. The molecule has 2 N–H and O–H groups in total. The molecule has 0 fully saturated rings. The summed E-state index contributed by atoms with van der Waals surface area (Å²) in [4.78, 5) is 9.71. The molecule has 0 unspecified atom stereocenters. The first-order chi connectivity index (χ1) is 4.67. The Labute approximate surface area is 63.8 Å². The van der Waals surface area contributed by atoms with Crippen LogP contribution in [0.5, 0.6) is 0 Å². The highest BCUT2D eigenvalue weighted by molar-refractivity contribution is 7.09. The van der Waals surface area contributed by atoms with Gasteiger partial charge in [0.05, 0.1) is 10.4 Å². The Morgan fingerprint density at radius 1 is 1.70 bits per heavy atom. The van der Waals surface area contributed by atoms with E-state index in [0.29, 0.717) is 0 Å². The molecule has 0 saturated carbocycles. The second-order valence-electron chi connectivity index (χ2n) is 2.49. The maximum Gasteiger partial charge on any atom is 0.119 e. The Bertz CT molecular complexity index is 196. The lowest BCUT2D eigenvalue weighted by atomic mass is 10.1. The fourth-order valence-corrected chi connectivity index (χ4v) is 1.26. The summed E-state index contributed by atoms with van der Waals surface area (Å²) < 4.78 is 0. The highest BCUT2D eigenvalue weighted by Crippen LogP contribution is 2.25. The van der Waals surface area contributed by atoms with Gasteiger partial charge in [-0.2, -0.15) is 0 Å². The van der Waals surface area contributed by atoms with Gasteiger partial charge in [-0.3, -0.25) is 9.82 Å². The van der Waals surface area contributed by atoms with Crippen LogP contribution in [0.2, 0.25) is 0 Å². The molecule has 1 heterocycles. The number of nitrogens with two attached hydrogens (primary N) is 1. The first kappa shape index (κ1) is 7.65. The monoisotopic (exact) mass is 158 g/mol. The van der Waals surface area contributed by atoms with Gasteiger partial charge in [0.1, 0.15) is 5.60 Å². The third-order valence-electron chi connectivity index (χ3n) is 1.32. The van der Waals surface area contributed by atoms with Crippen LogP contribution in [0.4, 0.5) is 0 Å². The quantitative estimate of drug-likeness (QED) is 0.659. The van der Waals surface area contributed by atoms with Crippen molar-refractivity contribution in [2.75, 3.05) is 0 Å². The van der Waals surface area contributed by atoms with Crippen molar-refractivity contribution in [1.82, 2.24) is 4.98 Å². The molecule has 10 heavy (non-hydrogen) atoms. The van der Waals surface area contributed by atoms with Gasteiger partial charge in [-0.15, -0.1) is 11.3 Å². The zero-order valence-corrected chi connectivity index (χ0v) is 6.81. The molecule has 0 saturated heterocycles. The average Bonchev–Trinajstić information content (AvgIpc) is 2.38. The minimum absolute atomic E-state index is 0.402. The zero-order chi connectivity index (χ0) is 7.61. The third kappa shape index (κ3) is 1.34. The smallest absolute Gasteiger partial charge is 0.119 e. The Balaban J connectivity index is 2.85. The average molecular weight is 158 g/mol. The minimum atomic E-state index is -0.402. The van der Waals surface area contributed by atoms with Crippen molar-refractivity contribution in [2.24, 2.45) is 5.90 Å². The van der Waals surface area contributed by atoms with Crippen LogP contribution in [0.25, 0.3) is 0 Å². The van der Waals surface area contributed by atoms with Gasteiger partial charge in [0.25, 0.3) is 0 Å².